The first-order chi connectivity index (χ1) is 10.3. The molecule has 2 aliphatic rings. The minimum atomic E-state index is -4.37. The molecule has 0 aliphatic heterocycles. The van der Waals surface area contributed by atoms with Crippen LogP contribution in [0.4, 0.5) is 13.2 Å². The van der Waals surface area contributed by atoms with Gasteiger partial charge in [-0.3, -0.25) is 4.99 Å². The lowest BCUT2D eigenvalue weighted by Gasteiger charge is -2.18. The largest absolute Gasteiger partial charge is 0.416 e. The number of benzene rings is 1. The van der Waals surface area contributed by atoms with Crippen molar-refractivity contribution in [2.75, 3.05) is 6.54 Å². The van der Waals surface area contributed by atoms with E-state index in [9.17, 15) is 13.2 Å². The second-order valence-corrected chi connectivity index (χ2v) is 6.50. The molecule has 0 bridgehead atoms. The van der Waals surface area contributed by atoms with Gasteiger partial charge in [-0.1, -0.05) is 11.6 Å². The highest BCUT2D eigenvalue weighted by Gasteiger charge is 2.46. The number of rotatable bonds is 4. The third-order valence-corrected chi connectivity index (χ3v) is 4.53. The molecule has 0 spiro atoms. The van der Waals surface area contributed by atoms with E-state index in [0.29, 0.717) is 29.1 Å². The molecule has 2 aliphatic carbocycles. The second kappa shape index (κ2) is 5.33. The predicted octanol–water partition coefficient (Wildman–Crippen LogP) is 3.46. The van der Waals surface area contributed by atoms with E-state index in [-0.39, 0.29) is 0 Å². The first-order valence-corrected chi connectivity index (χ1v) is 7.62. The summed E-state index contributed by atoms with van der Waals surface area (Å²) < 4.78 is 38.6. The van der Waals surface area contributed by atoms with E-state index < -0.39 is 17.2 Å². The number of nitrogens with one attached hydrogen (secondary N) is 1. The molecule has 3 nitrogen and oxygen atoms in total. The van der Waals surface area contributed by atoms with E-state index in [2.05, 4.69) is 10.3 Å². The molecule has 3 rings (SSSR count). The SMILES string of the molecule is NC(=NCC1(c2cc(C(F)(F)F)ccc2Cl)CC1)NC1CC1. The Morgan fingerprint density at radius 3 is 2.59 bits per heavy atom. The summed E-state index contributed by atoms with van der Waals surface area (Å²) in [5.74, 6) is 0.358. The van der Waals surface area contributed by atoms with Crippen molar-refractivity contribution in [1.29, 1.82) is 0 Å². The van der Waals surface area contributed by atoms with Crippen molar-refractivity contribution >= 4 is 17.6 Å². The smallest absolute Gasteiger partial charge is 0.370 e. The maximum absolute atomic E-state index is 12.9. The second-order valence-electron chi connectivity index (χ2n) is 6.09. The maximum Gasteiger partial charge on any atom is 0.416 e. The van der Waals surface area contributed by atoms with Gasteiger partial charge in [-0.25, -0.2) is 0 Å². The average Bonchev–Trinajstić information content (AvgIpc) is 3.31. The quantitative estimate of drug-likeness (QED) is 0.656. The zero-order chi connectivity index (χ0) is 16.0. The molecule has 1 aromatic carbocycles. The van der Waals surface area contributed by atoms with Crippen LogP contribution in [0.1, 0.15) is 36.8 Å². The molecule has 120 valence electrons. The van der Waals surface area contributed by atoms with E-state index in [0.717, 1.165) is 37.8 Å². The van der Waals surface area contributed by atoms with Crippen LogP contribution < -0.4 is 11.1 Å². The third-order valence-electron chi connectivity index (χ3n) is 4.20. The molecule has 0 radical (unpaired) electrons. The molecule has 0 heterocycles. The van der Waals surface area contributed by atoms with Crippen LogP contribution in [-0.2, 0) is 11.6 Å². The van der Waals surface area contributed by atoms with Gasteiger partial charge in [0.25, 0.3) is 0 Å². The Kier molecular flexibility index (Phi) is 3.75. The Morgan fingerprint density at radius 2 is 2.05 bits per heavy atom. The number of nitrogens with zero attached hydrogens (tertiary/aromatic N) is 1. The van der Waals surface area contributed by atoms with Crippen LogP contribution in [-0.4, -0.2) is 18.5 Å². The summed E-state index contributed by atoms with van der Waals surface area (Å²) in [4.78, 5) is 4.29. The van der Waals surface area contributed by atoms with Crippen molar-refractivity contribution < 1.29 is 13.2 Å². The molecule has 0 amide bonds. The third kappa shape index (κ3) is 3.32. The Labute approximate surface area is 131 Å². The van der Waals surface area contributed by atoms with Crippen molar-refractivity contribution in [1.82, 2.24) is 5.32 Å². The Morgan fingerprint density at radius 1 is 1.36 bits per heavy atom. The van der Waals surface area contributed by atoms with Crippen LogP contribution in [0.2, 0.25) is 5.02 Å². The van der Waals surface area contributed by atoms with Crippen molar-refractivity contribution in [3.8, 4) is 0 Å². The van der Waals surface area contributed by atoms with Gasteiger partial charge < -0.3 is 11.1 Å². The average molecular weight is 332 g/mol. The summed E-state index contributed by atoms with van der Waals surface area (Å²) in [5, 5.41) is 3.43. The molecule has 0 unspecified atom stereocenters. The highest BCUT2D eigenvalue weighted by Crippen LogP contribution is 2.51. The lowest BCUT2D eigenvalue weighted by atomic mass is 9.94. The summed E-state index contributed by atoms with van der Waals surface area (Å²) in [6, 6.07) is 3.87. The summed E-state index contributed by atoms with van der Waals surface area (Å²) in [5.41, 5.74) is 5.23. The van der Waals surface area contributed by atoms with Gasteiger partial charge in [-0.2, -0.15) is 13.2 Å². The maximum atomic E-state index is 12.9. The highest BCUT2D eigenvalue weighted by molar-refractivity contribution is 6.31. The van der Waals surface area contributed by atoms with Crippen LogP contribution in [0.15, 0.2) is 23.2 Å². The molecule has 22 heavy (non-hydrogen) atoms. The Hall–Kier alpha value is -1.43. The number of halogens is 4. The molecule has 3 N–H and O–H groups in total. The van der Waals surface area contributed by atoms with E-state index in [1.807, 2.05) is 0 Å². The standard InChI is InChI=1S/C15H17ClF3N3/c16-12-4-1-9(15(17,18)19)7-11(12)14(5-6-14)8-21-13(20)22-10-2-3-10/h1,4,7,10H,2-3,5-6,8H2,(H3,20,21,22). The first kappa shape index (κ1) is 15.5. The summed E-state index contributed by atoms with van der Waals surface area (Å²) >= 11 is 6.12. The van der Waals surface area contributed by atoms with Gasteiger partial charge in [-0.15, -0.1) is 0 Å². The van der Waals surface area contributed by atoms with Gasteiger partial charge >= 0.3 is 6.18 Å². The fourth-order valence-electron chi connectivity index (χ4n) is 2.49. The van der Waals surface area contributed by atoms with Gasteiger partial charge in [0, 0.05) is 16.5 Å². The molecule has 2 saturated carbocycles. The fraction of sp³-hybridized carbons (Fsp3) is 0.533. The van der Waals surface area contributed by atoms with Gasteiger partial charge in [0.1, 0.15) is 0 Å². The summed E-state index contributed by atoms with van der Waals surface area (Å²) in [6.45, 7) is 0.361. The topological polar surface area (TPSA) is 50.4 Å². The minimum Gasteiger partial charge on any atom is -0.370 e. The van der Waals surface area contributed by atoms with E-state index in [1.165, 1.54) is 6.07 Å². The number of hydrogen-bond donors (Lipinski definition) is 2. The van der Waals surface area contributed by atoms with Crippen molar-refractivity contribution in [2.45, 2.75) is 43.3 Å². The molecule has 0 saturated heterocycles. The fourth-order valence-corrected chi connectivity index (χ4v) is 2.81. The minimum absolute atomic E-state index is 0.356. The molecule has 0 aromatic heterocycles. The lowest BCUT2D eigenvalue weighted by Crippen LogP contribution is -2.34. The van der Waals surface area contributed by atoms with Gasteiger partial charge in [0.05, 0.1) is 12.1 Å². The molecule has 1 aromatic rings. The first-order valence-electron chi connectivity index (χ1n) is 7.24. The van der Waals surface area contributed by atoms with E-state index in [1.54, 1.807) is 0 Å². The normalized spacial score (nSPS) is 20.8. The number of alkyl halides is 3. The van der Waals surface area contributed by atoms with Gasteiger partial charge in [0.2, 0.25) is 0 Å². The van der Waals surface area contributed by atoms with E-state index in [4.69, 9.17) is 17.3 Å². The number of aliphatic imine (C=N–C) groups is 1. The van der Waals surface area contributed by atoms with Crippen LogP contribution in [0.5, 0.6) is 0 Å². The zero-order valence-corrected chi connectivity index (χ0v) is 12.6. The molecule has 2 fully saturated rings. The lowest BCUT2D eigenvalue weighted by molar-refractivity contribution is -0.137. The van der Waals surface area contributed by atoms with Crippen molar-refractivity contribution in [2.24, 2.45) is 10.7 Å². The van der Waals surface area contributed by atoms with Crippen LogP contribution in [0, 0.1) is 0 Å². The summed E-state index contributed by atoms with van der Waals surface area (Å²) in [7, 11) is 0. The number of nitrogens with two attached hydrogens (primary N) is 1. The Balaban J connectivity index is 1.80. The van der Waals surface area contributed by atoms with Crippen LogP contribution in [0.3, 0.4) is 0 Å². The summed E-state index contributed by atoms with van der Waals surface area (Å²) in [6.07, 6.45) is -0.657. The molecule has 0 atom stereocenters. The number of guanidine groups is 1. The van der Waals surface area contributed by atoms with Crippen LogP contribution >= 0.6 is 11.6 Å². The molecular formula is C15H17ClF3N3. The van der Waals surface area contributed by atoms with Crippen molar-refractivity contribution in [3.05, 3.63) is 34.3 Å². The van der Waals surface area contributed by atoms with Crippen LogP contribution in [0.25, 0.3) is 0 Å². The molecular weight excluding hydrogens is 315 g/mol. The zero-order valence-electron chi connectivity index (χ0n) is 11.9. The molecule has 7 heteroatoms. The van der Waals surface area contributed by atoms with Gasteiger partial charge in [-0.05, 0) is 49.4 Å². The monoisotopic (exact) mass is 331 g/mol. The van der Waals surface area contributed by atoms with Crippen molar-refractivity contribution in [3.63, 3.8) is 0 Å². The number of hydrogen-bond acceptors (Lipinski definition) is 1. The highest BCUT2D eigenvalue weighted by atomic mass is 35.5. The predicted molar refractivity (Wildman–Crippen MR) is 80.0 cm³/mol. The van der Waals surface area contributed by atoms with Gasteiger partial charge in [0.15, 0.2) is 5.96 Å². The van der Waals surface area contributed by atoms with E-state index >= 15 is 0 Å². The Bertz CT molecular complexity index is 605.